The van der Waals surface area contributed by atoms with Crippen molar-refractivity contribution in [1.82, 2.24) is 0 Å². The van der Waals surface area contributed by atoms with Gasteiger partial charge in [-0.1, -0.05) is 0 Å². The van der Waals surface area contributed by atoms with Gasteiger partial charge in [-0.05, 0) is 58.9 Å². The smallest absolute Gasteiger partial charge is 0.343 e. The number of Topliss-reactive ketones (excluding diaryl/α,β-unsaturated/α-hetero) is 1. The molecule has 5 atom stereocenters. The molecule has 3 aliphatic heterocycles. The van der Waals surface area contributed by atoms with E-state index < -0.39 is 48.2 Å². The second-order valence-corrected chi connectivity index (χ2v) is 8.09. The highest BCUT2D eigenvalue weighted by molar-refractivity contribution is 5.94. The normalized spacial score (nSPS) is 35.1. The number of rotatable bonds is 3. The first kappa shape index (κ1) is 19.5. The fourth-order valence-corrected chi connectivity index (χ4v) is 3.73. The highest BCUT2D eigenvalue weighted by Gasteiger charge is 2.62. The number of ether oxygens (including phenoxy) is 6. The topological polar surface area (TPSA) is 89.5 Å². The van der Waals surface area contributed by atoms with Gasteiger partial charge in [0.05, 0.1) is 0 Å². The Bertz CT molecular complexity index is 784. The number of hydrogen-bond acceptors (Lipinski definition) is 8. The molecular formula is C20H24O8. The van der Waals surface area contributed by atoms with E-state index in [2.05, 4.69) is 0 Å². The summed E-state index contributed by atoms with van der Waals surface area (Å²) in [6, 6.07) is 6.32. The van der Waals surface area contributed by atoms with Gasteiger partial charge in [0, 0.05) is 5.56 Å². The van der Waals surface area contributed by atoms with E-state index in [0.29, 0.717) is 11.3 Å². The van der Waals surface area contributed by atoms with Crippen molar-refractivity contribution in [3.05, 3.63) is 29.8 Å². The zero-order valence-electron chi connectivity index (χ0n) is 16.5. The molecule has 1 aromatic carbocycles. The van der Waals surface area contributed by atoms with Crippen LogP contribution in [0.5, 0.6) is 5.75 Å². The standard InChI is InChI=1S/C20H24O8/c1-10(21)11-6-8-12(9-7-11)23-17(22)15-13-14(26-19(2,3)25-13)16-18(24-15)28-20(4,5)27-16/h6-9,13-16,18H,1-5H3/t13-,14-,15-,16-,18-/m1/s1. The van der Waals surface area contributed by atoms with Crippen LogP contribution in [0.1, 0.15) is 45.0 Å². The SMILES string of the molecule is CC(=O)c1ccc(OC(=O)[C@@H]2O[C@@H]3OC(C)(C)O[C@@H]3[C@@H]3OC(C)(C)O[C@H]32)cc1. The first-order chi connectivity index (χ1) is 13.0. The Balaban J connectivity index is 1.54. The Morgan fingerprint density at radius 2 is 1.43 bits per heavy atom. The van der Waals surface area contributed by atoms with Gasteiger partial charge >= 0.3 is 5.97 Å². The maximum Gasteiger partial charge on any atom is 0.343 e. The zero-order chi connectivity index (χ0) is 20.3. The third kappa shape index (κ3) is 3.58. The third-order valence-electron chi connectivity index (χ3n) is 4.87. The highest BCUT2D eigenvalue weighted by atomic mass is 16.9. The van der Waals surface area contributed by atoms with E-state index in [1.807, 2.05) is 0 Å². The third-order valence-corrected chi connectivity index (χ3v) is 4.87. The molecule has 4 rings (SSSR count). The molecule has 0 amide bonds. The van der Waals surface area contributed by atoms with Crippen molar-refractivity contribution < 1.29 is 38.0 Å². The van der Waals surface area contributed by atoms with E-state index in [1.165, 1.54) is 6.92 Å². The second-order valence-electron chi connectivity index (χ2n) is 8.09. The summed E-state index contributed by atoms with van der Waals surface area (Å²) in [5, 5.41) is 0. The van der Waals surface area contributed by atoms with E-state index in [9.17, 15) is 9.59 Å². The van der Waals surface area contributed by atoms with E-state index in [-0.39, 0.29) is 5.78 Å². The van der Waals surface area contributed by atoms with Crippen LogP contribution in [0.4, 0.5) is 0 Å². The van der Waals surface area contributed by atoms with Crippen LogP contribution in [-0.2, 0) is 28.5 Å². The predicted octanol–water partition coefficient (Wildman–Crippen LogP) is 2.19. The van der Waals surface area contributed by atoms with Gasteiger partial charge < -0.3 is 28.4 Å². The fourth-order valence-electron chi connectivity index (χ4n) is 3.73. The molecule has 28 heavy (non-hydrogen) atoms. The van der Waals surface area contributed by atoms with Gasteiger partial charge in [0.1, 0.15) is 24.1 Å². The van der Waals surface area contributed by atoms with Gasteiger partial charge in [-0.3, -0.25) is 4.79 Å². The summed E-state index contributed by atoms with van der Waals surface area (Å²) in [5.74, 6) is -2.15. The monoisotopic (exact) mass is 392 g/mol. The minimum absolute atomic E-state index is 0.0675. The number of benzene rings is 1. The largest absolute Gasteiger partial charge is 0.425 e. The minimum atomic E-state index is -1.04. The molecule has 0 saturated carbocycles. The molecule has 3 fully saturated rings. The maximum atomic E-state index is 12.8. The summed E-state index contributed by atoms with van der Waals surface area (Å²) >= 11 is 0. The van der Waals surface area contributed by atoms with Crippen molar-refractivity contribution >= 4 is 11.8 Å². The molecule has 8 nitrogen and oxygen atoms in total. The summed E-state index contributed by atoms with van der Waals surface area (Å²) in [5.41, 5.74) is 0.532. The second kappa shape index (κ2) is 6.60. The van der Waals surface area contributed by atoms with Crippen LogP contribution in [0, 0.1) is 0 Å². The van der Waals surface area contributed by atoms with Gasteiger partial charge in [0.25, 0.3) is 0 Å². The molecular weight excluding hydrogens is 368 g/mol. The van der Waals surface area contributed by atoms with Crippen molar-refractivity contribution in [3.8, 4) is 5.75 Å². The van der Waals surface area contributed by atoms with E-state index in [0.717, 1.165) is 0 Å². The summed E-state index contributed by atoms with van der Waals surface area (Å²) in [6.45, 7) is 8.55. The molecule has 0 spiro atoms. The Hall–Kier alpha value is -1.84. The fraction of sp³-hybridized carbons (Fsp3) is 0.600. The van der Waals surface area contributed by atoms with Gasteiger partial charge in [-0.25, -0.2) is 4.79 Å². The van der Waals surface area contributed by atoms with Crippen LogP contribution in [0.2, 0.25) is 0 Å². The molecule has 1 aromatic rings. The van der Waals surface area contributed by atoms with Crippen LogP contribution in [-0.4, -0.2) is 54.0 Å². The molecule has 3 heterocycles. The average molecular weight is 392 g/mol. The van der Waals surface area contributed by atoms with E-state index in [1.54, 1.807) is 52.0 Å². The van der Waals surface area contributed by atoms with Gasteiger partial charge in [-0.2, -0.15) is 0 Å². The van der Waals surface area contributed by atoms with Crippen molar-refractivity contribution in [3.63, 3.8) is 0 Å². The van der Waals surface area contributed by atoms with Gasteiger partial charge in [0.2, 0.25) is 0 Å². The van der Waals surface area contributed by atoms with Crippen molar-refractivity contribution in [2.75, 3.05) is 0 Å². The van der Waals surface area contributed by atoms with Crippen molar-refractivity contribution in [2.24, 2.45) is 0 Å². The molecule has 3 saturated heterocycles. The molecule has 152 valence electrons. The quantitative estimate of drug-likeness (QED) is 0.439. The van der Waals surface area contributed by atoms with E-state index >= 15 is 0 Å². The number of hydrogen-bond donors (Lipinski definition) is 0. The Morgan fingerprint density at radius 3 is 2.07 bits per heavy atom. The van der Waals surface area contributed by atoms with Crippen molar-refractivity contribution in [1.29, 1.82) is 0 Å². The number of ketones is 1. The predicted molar refractivity (Wildman–Crippen MR) is 94.6 cm³/mol. The van der Waals surface area contributed by atoms with Gasteiger partial charge in [0.15, 0.2) is 29.8 Å². The van der Waals surface area contributed by atoms with Crippen LogP contribution in [0.25, 0.3) is 0 Å². The lowest BCUT2D eigenvalue weighted by Crippen LogP contribution is -2.58. The highest BCUT2D eigenvalue weighted by Crippen LogP contribution is 2.44. The number of carbonyl (C=O) groups is 2. The number of fused-ring (bicyclic) bond motifs is 3. The van der Waals surface area contributed by atoms with Crippen LogP contribution in [0.3, 0.4) is 0 Å². The molecule has 0 aliphatic carbocycles. The molecule has 8 heteroatoms. The minimum Gasteiger partial charge on any atom is -0.425 e. The molecule has 0 unspecified atom stereocenters. The lowest BCUT2D eigenvalue weighted by Gasteiger charge is -2.35. The summed E-state index contributed by atoms with van der Waals surface area (Å²) in [7, 11) is 0. The Kier molecular flexibility index (Phi) is 4.59. The summed E-state index contributed by atoms with van der Waals surface area (Å²) < 4.78 is 34.9. The average Bonchev–Trinajstić information content (AvgIpc) is 3.08. The summed E-state index contributed by atoms with van der Waals surface area (Å²) in [4.78, 5) is 24.2. The molecule has 0 aromatic heterocycles. The van der Waals surface area contributed by atoms with Crippen LogP contribution < -0.4 is 4.74 Å². The number of carbonyl (C=O) groups excluding carboxylic acids is 2. The first-order valence-corrected chi connectivity index (χ1v) is 9.24. The first-order valence-electron chi connectivity index (χ1n) is 9.24. The Morgan fingerprint density at radius 1 is 0.857 bits per heavy atom. The molecule has 0 radical (unpaired) electrons. The number of esters is 1. The molecule has 0 bridgehead atoms. The maximum absolute atomic E-state index is 12.8. The van der Waals surface area contributed by atoms with Crippen LogP contribution in [0.15, 0.2) is 24.3 Å². The zero-order valence-corrected chi connectivity index (χ0v) is 16.5. The Labute approximate surface area is 163 Å². The van der Waals surface area contributed by atoms with Gasteiger partial charge in [-0.15, -0.1) is 0 Å². The molecule has 3 aliphatic rings. The van der Waals surface area contributed by atoms with Crippen LogP contribution >= 0.6 is 0 Å². The summed E-state index contributed by atoms with van der Waals surface area (Å²) in [6.07, 6.45) is -3.56. The van der Waals surface area contributed by atoms with Crippen molar-refractivity contribution in [2.45, 2.75) is 76.9 Å². The lowest BCUT2D eigenvalue weighted by molar-refractivity contribution is -0.236. The molecule has 0 N–H and O–H groups in total. The lowest BCUT2D eigenvalue weighted by atomic mass is 9.99. The van der Waals surface area contributed by atoms with E-state index in [4.69, 9.17) is 28.4 Å².